The van der Waals surface area contributed by atoms with Crippen LogP contribution in [0.1, 0.15) is 44.1 Å². The number of esters is 1. The molecular formula is C15H22ClN3O4S2. The van der Waals surface area contributed by atoms with Crippen molar-refractivity contribution in [2.45, 2.75) is 43.6 Å². The summed E-state index contributed by atoms with van der Waals surface area (Å²) < 4.78 is 5.85. The van der Waals surface area contributed by atoms with Crippen molar-refractivity contribution in [1.82, 2.24) is 10.3 Å². The molecule has 0 radical (unpaired) electrons. The normalized spacial score (nSPS) is 11.1. The first kappa shape index (κ1) is 21.7. The van der Waals surface area contributed by atoms with Gasteiger partial charge in [0.15, 0.2) is 10.0 Å². The van der Waals surface area contributed by atoms with E-state index in [1.807, 2.05) is 6.26 Å². The number of hydrogen-bond acceptors (Lipinski definition) is 7. The molecule has 0 bridgehead atoms. The molecule has 1 rings (SSSR count). The first-order valence-electron chi connectivity index (χ1n) is 7.57. The third kappa shape index (κ3) is 8.06. The van der Waals surface area contributed by atoms with E-state index in [0.29, 0.717) is 22.3 Å². The van der Waals surface area contributed by atoms with E-state index in [9.17, 15) is 14.4 Å². The second-order valence-corrected chi connectivity index (χ2v) is 8.31. The summed E-state index contributed by atoms with van der Waals surface area (Å²) in [6, 6.07) is 0. The minimum absolute atomic E-state index is 0.144. The monoisotopic (exact) mass is 407 g/mol. The zero-order valence-electron chi connectivity index (χ0n) is 14.6. The Labute approximate surface area is 160 Å². The highest BCUT2D eigenvalue weighted by atomic mass is 35.5. The van der Waals surface area contributed by atoms with Gasteiger partial charge in [-0.3, -0.25) is 14.4 Å². The van der Waals surface area contributed by atoms with Gasteiger partial charge in [-0.05, 0) is 33.4 Å². The lowest BCUT2D eigenvalue weighted by atomic mass is 10.2. The molecule has 0 aliphatic rings. The number of nitrogens with one attached hydrogen (secondary N) is 2. The molecule has 0 aromatic carbocycles. The maximum absolute atomic E-state index is 12.3. The predicted octanol–water partition coefficient (Wildman–Crippen LogP) is 2.89. The number of halogens is 1. The number of anilines is 1. The highest BCUT2D eigenvalue weighted by Gasteiger charge is 2.20. The number of thioether (sulfide) groups is 1. The first-order chi connectivity index (χ1) is 11.7. The molecule has 0 saturated carbocycles. The largest absolute Gasteiger partial charge is 0.460 e. The maximum Gasteiger partial charge on any atom is 0.306 e. The zero-order chi connectivity index (χ0) is 19.0. The van der Waals surface area contributed by atoms with Gasteiger partial charge in [-0.1, -0.05) is 23.1 Å². The molecule has 0 fully saturated rings. The van der Waals surface area contributed by atoms with Crippen LogP contribution in [0.2, 0.25) is 0 Å². The fraction of sp³-hybridized carbons (Fsp3) is 0.600. The molecule has 140 valence electrons. The minimum atomic E-state index is -0.523. The summed E-state index contributed by atoms with van der Waals surface area (Å²) in [5, 5.41) is 5.62. The van der Waals surface area contributed by atoms with Crippen molar-refractivity contribution in [2.24, 2.45) is 0 Å². The number of amides is 2. The summed E-state index contributed by atoms with van der Waals surface area (Å²) in [5.41, 5.74) is -0.380. The summed E-state index contributed by atoms with van der Waals surface area (Å²) >= 11 is 8.06. The zero-order valence-corrected chi connectivity index (χ0v) is 17.0. The number of carbonyl (C=O) groups excluding carboxylic acids is 3. The Kier molecular flexibility index (Phi) is 8.67. The number of rotatable bonds is 8. The molecule has 0 saturated heterocycles. The predicted molar refractivity (Wildman–Crippen MR) is 101 cm³/mol. The number of ether oxygens (including phenoxy) is 1. The van der Waals surface area contributed by atoms with Gasteiger partial charge in [0.05, 0.1) is 0 Å². The summed E-state index contributed by atoms with van der Waals surface area (Å²) in [5.74, 6) is -1.33. The van der Waals surface area contributed by atoms with Crippen molar-refractivity contribution < 1.29 is 19.1 Å². The lowest BCUT2D eigenvalue weighted by molar-refractivity contribution is -0.154. The SMILES string of the molecule is CSc1nc(C(=O)NCCCC(=O)OC(C)(C)C)c(NC(=O)CCl)s1. The molecule has 0 unspecified atom stereocenters. The summed E-state index contributed by atoms with van der Waals surface area (Å²) in [4.78, 5) is 39.5. The number of aromatic nitrogens is 1. The van der Waals surface area contributed by atoms with Crippen LogP contribution in [0, 0.1) is 0 Å². The van der Waals surface area contributed by atoms with Gasteiger partial charge in [0.2, 0.25) is 5.91 Å². The van der Waals surface area contributed by atoms with Crippen LogP contribution in [-0.4, -0.2) is 47.0 Å². The number of carbonyl (C=O) groups is 3. The molecule has 0 aliphatic carbocycles. The number of thiazole rings is 1. The Bertz CT molecular complexity index is 629. The van der Waals surface area contributed by atoms with Crippen LogP contribution < -0.4 is 10.6 Å². The van der Waals surface area contributed by atoms with E-state index in [1.165, 1.54) is 23.1 Å². The topological polar surface area (TPSA) is 97.4 Å². The second-order valence-electron chi connectivity index (χ2n) is 5.99. The van der Waals surface area contributed by atoms with Crippen LogP contribution in [0.25, 0.3) is 0 Å². The van der Waals surface area contributed by atoms with Crippen molar-refractivity contribution >= 4 is 57.5 Å². The van der Waals surface area contributed by atoms with E-state index >= 15 is 0 Å². The Balaban J connectivity index is 2.55. The first-order valence-corrected chi connectivity index (χ1v) is 10.1. The minimum Gasteiger partial charge on any atom is -0.460 e. The molecule has 1 aromatic rings. The standard InChI is InChI=1S/C15H22ClN3O4S2/c1-15(2,3)23-10(21)6-5-7-17-12(22)11-13(18-9(20)8-16)25-14(19-11)24-4/h5-8H2,1-4H3,(H,17,22)(H,18,20). The highest BCUT2D eigenvalue weighted by Crippen LogP contribution is 2.30. The summed E-state index contributed by atoms with van der Waals surface area (Å²) in [6.45, 7) is 5.70. The van der Waals surface area contributed by atoms with Gasteiger partial charge in [-0.15, -0.1) is 11.6 Å². The van der Waals surface area contributed by atoms with E-state index in [1.54, 1.807) is 20.8 Å². The highest BCUT2D eigenvalue weighted by molar-refractivity contribution is 8.00. The molecule has 0 spiro atoms. The van der Waals surface area contributed by atoms with Gasteiger partial charge >= 0.3 is 5.97 Å². The Morgan fingerprint density at radius 2 is 2.00 bits per heavy atom. The molecular weight excluding hydrogens is 386 g/mol. The van der Waals surface area contributed by atoms with Crippen LogP contribution >= 0.6 is 34.7 Å². The van der Waals surface area contributed by atoms with Gasteiger partial charge in [-0.2, -0.15) is 0 Å². The van der Waals surface area contributed by atoms with Crippen LogP contribution in [0.5, 0.6) is 0 Å². The van der Waals surface area contributed by atoms with Crippen molar-refractivity contribution in [3.05, 3.63) is 5.69 Å². The molecule has 0 atom stereocenters. The van der Waals surface area contributed by atoms with E-state index in [-0.39, 0.29) is 24.0 Å². The third-order valence-corrected chi connectivity index (χ3v) is 4.83. The molecule has 2 amide bonds. The van der Waals surface area contributed by atoms with E-state index < -0.39 is 17.4 Å². The fourth-order valence-corrected chi connectivity index (χ4v) is 3.24. The number of hydrogen-bond donors (Lipinski definition) is 2. The quantitative estimate of drug-likeness (QED) is 0.297. The van der Waals surface area contributed by atoms with E-state index in [4.69, 9.17) is 16.3 Å². The van der Waals surface area contributed by atoms with Crippen LogP contribution in [-0.2, 0) is 14.3 Å². The van der Waals surface area contributed by atoms with Crippen molar-refractivity contribution in [2.75, 3.05) is 24.0 Å². The summed E-state index contributed by atoms with van der Waals surface area (Å²) in [6.07, 6.45) is 2.48. The molecule has 1 aromatic heterocycles. The lowest BCUT2D eigenvalue weighted by Gasteiger charge is -2.19. The number of nitrogens with zero attached hydrogens (tertiary/aromatic N) is 1. The van der Waals surface area contributed by atoms with Crippen LogP contribution in [0.15, 0.2) is 4.34 Å². The van der Waals surface area contributed by atoms with Gasteiger partial charge in [0, 0.05) is 13.0 Å². The lowest BCUT2D eigenvalue weighted by Crippen LogP contribution is -2.28. The maximum atomic E-state index is 12.3. The number of alkyl halides is 1. The van der Waals surface area contributed by atoms with Gasteiger partial charge in [-0.25, -0.2) is 4.98 Å². The molecule has 7 nitrogen and oxygen atoms in total. The van der Waals surface area contributed by atoms with Crippen molar-refractivity contribution in [3.63, 3.8) is 0 Å². The van der Waals surface area contributed by atoms with Gasteiger partial charge in [0.1, 0.15) is 16.5 Å². The average Bonchev–Trinajstić information content (AvgIpc) is 2.92. The van der Waals surface area contributed by atoms with E-state index in [0.717, 1.165) is 0 Å². The Hall–Kier alpha value is -1.32. The molecule has 25 heavy (non-hydrogen) atoms. The average molecular weight is 408 g/mol. The Morgan fingerprint density at radius 1 is 1.32 bits per heavy atom. The van der Waals surface area contributed by atoms with Gasteiger partial charge < -0.3 is 15.4 Å². The summed E-state index contributed by atoms with van der Waals surface area (Å²) in [7, 11) is 0. The Morgan fingerprint density at radius 3 is 2.56 bits per heavy atom. The smallest absolute Gasteiger partial charge is 0.306 e. The molecule has 10 heteroatoms. The van der Waals surface area contributed by atoms with Crippen LogP contribution in [0.3, 0.4) is 0 Å². The van der Waals surface area contributed by atoms with E-state index in [2.05, 4.69) is 15.6 Å². The van der Waals surface area contributed by atoms with Crippen molar-refractivity contribution in [1.29, 1.82) is 0 Å². The fourth-order valence-electron chi connectivity index (χ4n) is 1.70. The molecule has 1 heterocycles. The second kappa shape index (κ2) is 9.98. The molecule has 0 aliphatic heterocycles. The third-order valence-electron chi connectivity index (χ3n) is 2.63. The van der Waals surface area contributed by atoms with Crippen molar-refractivity contribution in [3.8, 4) is 0 Å². The molecule has 2 N–H and O–H groups in total. The van der Waals surface area contributed by atoms with Gasteiger partial charge in [0.25, 0.3) is 5.91 Å². The van der Waals surface area contributed by atoms with Crippen LogP contribution in [0.4, 0.5) is 5.00 Å².